The van der Waals surface area contributed by atoms with E-state index in [-0.39, 0.29) is 5.91 Å². The Balaban J connectivity index is 2.41. The number of carbonyl (C=O) groups excluding carboxylic acids is 1. The van der Waals surface area contributed by atoms with Crippen molar-refractivity contribution in [1.29, 1.82) is 0 Å². The van der Waals surface area contributed by atoms with Crippen LogP contribution >= 0.6 is 0 Å². The molecule has 0 spiro atoms. The molecule has 1 N–H and O–H groups in total. The van der Waals surface area contributed by atoms with Crippen LogP contribution in [0, 0.1) is 0 Å². The van der Waals surface area contributed by atoms with Gasteiger partial charge in [-0.2, -0.15) is 0 Å². The van der Waals surface area contributed by atoms with Crippen LogP contribution in [0.25, 0.3) is 0 Å². The van der Waals surface area contributed by atoms with Crippen molar-refractivity contribution in [3.8, 4) is 5.75 Å². The van der Waals surface area contributed by atoms with Gasteiger partial charge in [0, 0.05) is 18.7 Å². The molecule has 0 unspecified atom stereocenters. The van der Waals surface area contributed by atoms with Crippen LogP contribution < -0.4 is 10.1 Å². The molecule has 0 fully saturated rings. The fourth-order valence-corrected chi connectivity index (χ4v) is 1.33. The number of ether oxygens (including phenoxy) is 2. The van der Waals surface area contributed by atoms with Gasteiger partial charge >= 0.3 is 0 Å². The first-order valence-electron chi connectivity index (χ1n) is 5.97. The summed E-state index contributed by atoms with van der Waals surface area (Å²) in [5.41, 5.74) is 0.606. The molecule has 1 aromatic carbocycles. The third kappa shape index (κ3) is 5.01. The lowest BCUT2D eigenvalue weighted by Crippen LogP contribution is -2.22. The Bertz CT molecular complexity index is 373. The van der Waals surface area contributed by atoms with Gasteiger partial charge in [-0.3, -0.25) is 4.79 Å². The van der Waals surface area contributed by atoms with Crippen LogP contribution in [-0.4, -0.2) is 32.3 Å². The van der Waals surface area contributed by atoms with Crippen molar-refractivity contribution in [2.45, 2.75) is 6.92 Å². The van der Waals surface area contributed by atoms with Gasteiger partial charge in [0.2, 0.25) is 0 Å². The number of rotatable bonds is 8. The van der Waals surface area contributed by atoms with E-state index in [1.807, 2.05) is 6.92 Å². The van der Waals surface area contributed by atoms with E-state index < -0.39 is 0 Å². The Labute approximate surface area is 108 Å². The van der Waals surface area contributed by atoms with Gasteiger partial charge in [0.05, 0.1) is 6.61 Å². The lowest BCUT2D eigenvalue weighted by molar-refractivity contribution is 0.0957. The highest BCUT2D eigenvalue weighted by molar-refractivity contribution is 5.94. The molecular formula is C14H19NO3. The summed E-state index contributed by atoms with van der Waals surface area (Å²) in [4.78, 5) is 11.6. The summed E-state index contributed by atoms with van der Waals surface area (Å²) in [7, 11) is 0. The van der Waals surface area contributed by atoms with Crippen molar-refractivity contribution in [2.24, 2.45) is 0 Å². The Hall–Kier alpha value is -1.81. The standard InChI is InChI=1S/C14H19NO3/c1-3-9-15-14(16)12-5-7-13(8-6-12)18-11-10-17-4-2/h3,5-8H,1,4,9-11H2,2H3,(H,15,16). The van der Waals surface area contributed by atoms with E-state index in [4.69, 9.17) is 9.47 Å². The fourth-order valence-electron chi connectivity index (χ4n) is 1.33. The Kier molecular flexibility index (Phi) is 6.58. The fraction of sp³-hybridized carbons (Fsp3) is 0.357. The van der Waals surface area contributed by atoms with Gasteiger partial charge in [-0.05, 0) is 31.2 Å². The molecule has 0 bridgehead atoms. The molecule has 0 aliphatic heterocycles. The van der Waals surface area contributed by atoms with E-state index in [9.17, 15) is 4.79 Å². The maximum atomic E-state index is 11.6. The number of hydrogen-bond acceptors (Lipinski definition) is 3. The zero-order valence-corrected chi connectivity index (χ0v) is 10.6. The predicted octanol–water partition coefficient (Wildman–Crippen LogP) is 2.02. The molecule has 4 heteroatoms. The highest BCUT2D eigenvalue weighted by atomic mass is 16.5. The normalized spacial score (nSPS) is 9.83. The summed E-state index contributed by atoms with van der Waals surface area (Å²) in [5.74, 6) is 0.616. The smallest absolute Gasteiger partial charge is 0.251 e. The monoisotopic (exact) mass is 249 g/mol. The second kappa shape index (κ2) is 8.31. The molecule has 1 aromatic rings. The van der Waals surface area contributed by atoms with Crippen LogP contribution in [0.4, 0.5) is 0 Å². The summed E-state index contributed by atoms with van der Waals surface area (Å²) in [6.07, 6.45) is 1.64. The van der Waals surface area contributed by atoms with E-state index in [0.717, 1.165) is 5.75 Å². The third-order valence-electron chi connectivity index (χ3n) is 2.22. The molecular weight excluding hydrogens is 230 g/mol. The molecule has 0 heterocycles. The van der Waals surface area contributed by atoms with Crippen molar-refractivity contribution < 1.29 is 14.3 Å². The average Bonchev–Trinajstić information content (AvgIpc) is 2.41. The summed E-state index contributed by atoms with van der Waals surface area (Å²) < 4.78 is 10.6. The van der Waals surface area contributed by atoms with E-state index >= 15 is 0 Å². The Morgan fingerprint density at radius 2 is 2.06 bits per heavy atom. The van der Waals surface area contributed by atoms with Crippen molar-refractivity contribution >= 4 is 5.91 Å². The first-order chi connectivity index (χ1) is 8.77. The average molecular weight is 249 g/mol. The van der Waals surface area contributed by atoms with E-state index in [1.165, 1.54) is 0 Å². The Morgan fingerprint density at radius 3 is 2.67 bits per heavy atom. The van der Waals surface area contributed by atoms with Crippen molar-refractivity contribution in [2.75, 3.05) is 26.4 Å². The van der Waals surface area contributed by atoms with Crippen LogP contribution in [0.2, 0.25) is 0 Å². The maximum absolute atomic E-state index is 11.6. The van der Waals surface area contributed by atoms with Gasteiger partial charge in [-0.15, -0.1) is 6.58 Å². The summed E-state index contributed by atoms with van der Waals surface area (Å²) in [6.45, 7) is 7.71. The van der Waals surface area contributed by atoms with Crippen molar-refractivity contribution in [3.63, 3.8) is 0 Å². The molecule has 4 nitrogen and oxygen atoms in total. The molecule has 0 atom stereocenters. The molecule has 18 heavy (non-hydrogen) atoms. The molecule has 98 valence electrons. The molecule has 1 amide bonds. The van der Waals surface area contributed by atoms with Gasteiger partial charge < -0.3 is 14.8 Å². The van der Waals surface area contributed by atoms with E-state index in [1.54, 1.807) is 30.3 Å². The molecule has 0 saturated heterocycles. The van der Waals surface area contributed by atoms with Gasteiger partial charge in [0.15, 0.2) is 0 Å². The second-order valence-electron chi connectivity index (χ2n) is 3.57. The van der Waals surface area contributed by atoms with Gasteiger partial charge in [0.1, 0.15) is 12.4 Å². The summed E-state index contributed by atoms with van der Waals surface area (Å²) in [6, 6.07) is 7.01. The Morgan fingerprint density at radius 1 is 1.33 bits per heavy atom. The zero-order valence-electron chi connectivity index (χ0n) is 10.6. The largest absolute Gasteiger partial charge is 0.491 e. The van der Waals surface area contributed by atoms with Crippen LogP contribution in [0.15, 0.2) is 36.9 Å². The molecule has 0 radical (unpaired) electrons. The van der Waals surface area contributed by atoms with Crippen LogP contribution in [0.3, 0.4) is 0 Å². The quantitative estimate of drug-likeness (QED) is 0.566. The van der Waals surface area contributed by atoms with Gasteiger partial charge in [-0.1, -0.05) is 6.08 Å². The molecule has 0 aliphatic rings. The lowest BCUT2D eigenvalue weighted by Gasteiger charge is -2.07. The molecule has 0 aromatic heterocycles. The lowest BCUT2D eigenvalue weighted by atomic mass is 10.2. The molecule has 1 rings (SSSR count). The number of hydrogen-bond donors (Lipinski definition) is 1. The number of benzene rings is 1. The van der Waals surface area contributed by atoms with E-state index in [0.29, 0.717) is 31.9 Å². The minimum atomic E-state index is -0.115. The first-order valence-corrected chi connectivity index (χ1v) is 5.97. The number of nitrogens with one attached hydrogen (secondary N) is 1. The SMILES string of the molecule is C=CCNC(=O)c1ccc(OCCOCC)cc1. The minimum Gasteiger partial charge on any atom is -0.491 e. The third-order valence-corrected chi connectivity index (χ3v) is 2.22. The molecule has 0 saturated carbocycles. The van der Waals surface area contributed by atoms with Gasteiger partial charge in [0.25, 0.3) is 5.91 Å². The highest BCUT2D eigenvalue weighted by Gasteiger charge is 2.03. The molecule has 0 aliphatic carbocycles. The first kappa shape index (κ1) is 14.3. The van der Waals surface area contributed by atoms with Crippen molar-refractivity contribution in [3.05, 3.63) is 42.5 Å². The van der Waals surface area contributed by atoms with Crippen LogP contribution in [-0.2, 0) is 4.74 Å². The van der Waals surface area contributed by atoms with Crippen LogP contribution in [0.1, 0.15) is 17.3 Å². The topological polar surface area (TPSA) is 47.6 Å². The maximum Gasteiger partial charge on any atom is 0.251 e. The minimum absolute atomic E-state index is 0.115. The zero-order chi connectivity index (χ0) is 13.2. The highest BCUT2D eigenvalue weighted by Crippen LogP contribution is 2.11. The number of amides is 1. The van der Waals surface area contributed by atoms with E-state index in [2.05, 4.69) is 11.9 Å². The second-order valence-corrected chi connectivity index (χ2v) is 3.57. The van der Waals surface area contributed by atoms with Crippen LogP contribution in [0.5, 0.6) is 5.75 Å². The number of carbonyl (C=O) groups is 1. The summed E-state index contributed by atoms with van der Waals surface area (Å²) in [5, 5.41) is 2.71. The van der Waals surface area contributed by atoms with Crippen molar-refractivity contribution in [1.82, 2.24) is 5.32 Å². The summed E-state index contributed by atoms with van der Waals surface area (Å²) >= 11 is 0. The predicted molar refractivity (Wildman–Crippen MR) is 71.0 cm³/mol. The van der Waals surface area contributed by atoms with Gasteiger partial charge in [-0.25, -0.2) is 0 Å².